The van der Waals surface area contributed by atoms with Crippen LogP contribution in [0.4, 0.5) is 28.4 Å². The second kappa shape index (κ2) is 13.2. The third-order valence-electron chi connectivity index (χ3n) is 16.0. The quantitative estimate of drug-likeness (QED) is 0.163. The molecule has 3 heteroatoms. The molecule has 0 bridgehead atoms. The van der Waals surface area contributed by atoms with Gasteiger partial charge in [0.2, 0.25) is 0 Å². The fraction of sp³-hybridized carbons (Fsp3) is 0.0625. The molecule has 2 aliphatic carbocycles. The van der Waals surface area contributed by atoms with Gasteiger partial charge in [-0.1, -0.05) is 208 Å². The highest BCUT2D eigenvalue weighted by Crippen LogP contribution is 2.65. The molecule has 0 saturated heterocycles. The minimum Gasteiger partial charge on any atom is -0.376 e. The molecular formula is C64H43BN2. The van der Waals surface area contributed by atoms with Crippen LogP contribution in [0.3, 0.4) is 0 Å². The Labute approximate surface area is 392 Å². The molecule has 0 aromatic heterocycles. The summed E-state index contributed by atoms with van der Waals surface area (Å²) in [5, 5.41) is 0. The van der Waals surface area contributed by atoms with Crippen molar-refractivity contribution < 1.29 is 0 Å². The van der Waals surface area contributed by atoms with Gasteiger partial charge in [0, 0.05) is 33.7 Å². The van der Waals surface area contributed by atoms with Crippen LogP contribution in [0.1, 0.15) is 47.2 Å². The van der Waals surface area contributed by atoms with Gasteiger partial charge in [-0.15, -0.1) is 0 Å². The third-order valence-corrected chi connectivity index (χ3v) is 16.0. The molecule has 67 heavy (non-hydrogen) atoms. The molecular weight excluding hydrogens is 808 g/mol. The number of hydrogen-bond acceptors (Lipinski definition) is 2. The second-order valence-electron chi connectivity index (χ2n) is 19.5. The molecule has 10 aromatic carbocycles. The van der Waals surface area contributed by atoms with Gasteiger partial charge in [0.05, 0.1) is 11.1 Å². The number of rotatable bonds is 3. The molecule has 0 atom stereocenters. The van der Waals surface area contributed by atoms with Crippen molar-refractivity contribution in [2.24, 2.45) is 0 Å². The maximum atomic E-state index is 2.69. The molecule has 0 N–H and O–H groups in total. The zero-order valence-corrected chi connectivity index (χ0v) is 37.3. The van der Waals surface area contributed by atoms with Crippen LogP contribution in [0.25, 0.3) is 55.6 Å². The van der Waals surface area contributed by atoms with Gasteiger partial charge in [-0.2, -0.15) is 0 Å². The zero-order valence-electron chi connectivity index (χ0n) is 37.3. The molecule has 3 aliphatic heterocycles. The number of benzene rings is 10. The van der Waals surface area contributed by atoms with Gasteiger partial charge in [0.1, 0.15) is 0 Å². The first kappa shape index (κ1) is 37.1. The standard InChI is InChI=1S/C64H43BN2/c1-63(2)50-25-12-9-24-47(50)49-39-58-61-59(60(49)63)48-37-34-43(41-20-7-4-8-21-41)38-57(48)67(44-35-32-42(33-36-44)40-18-5-3-6-19-40)65(61)55-30-17-29-54-62(55)66(58)56-31-16-15-28-53(56)64(54)51-26-13-10-22-45(51)46-23-11-14-27-52(46)64/h3-39H,1-2H3. The van der Waals surface area contributed by atoms with Crippen LogP contribution in [0, 0.1) is 0 Å². The lowest BCUT2D eigenvalue weighted by atomic mass is 9.41. The van der Waals surface area contributed by atoms with Crippen molar-refractivity contribution >= 4 is 46.2 Å². The van der Waals surface area contributed by atoms with E-state index in [4.69, 9.17) is 0 Å². The number of hydrogen-bond donors (Lipinski definition) is 0. The van der Waals surface area contributed by atoms with E-state index < -0.39 is 5.41 Å². The second-order valence-corrected chi connectivity index (χ2v) is 19.5. The Morgan fingerprint density at radius 3 is 1.60 bits per heavy atom. The maximum Gasteiger partial charge on any atom is 0.333 e. The monoisotopic (exact) mass is 850 g/mol. The highest BCUT2D eigenvalue weighted by molar-refractivity contribution is 6.93. The summed E-state index contributed by atoms with van der Waals surface area (Å²) >= 11 is 0. The molecule has 15 rings (SSSR count). The van der Waals surface area contributed by atoms with E-state index in [-0.39, 0.29) is 12.3 Å². The molecule has 0 saturated carbocycles. The highest BCUT2D eigenvalue weighted by atomic mass is 15.2. The first-order valence-electron chi connectivity index (χ1n) is 23.7. The van der Waals surface area contributed by atoms with Crippen LogP contribution >= 0.6 is 0 Å². The van der Waals surface area contributed by atoms with E-state index in [1.54, 1.807) is 0 Å². The number of para-hydroxylation sites is 2. The molecule has 5 aliphatic rings. The van der Waals surface area contributed by atoms with Gasteiger partial charge in [0.15, 0.2) is 0 Å². The van der Waals surface area contributed by atoms with Crippen LogP contribution in [0.2, 0.25) is 0 Å². The normalized spacial score (nSPS) is 15.2. The van der Waals surface area contributed by atoms with Crippen molar-refractivity contribution in [3.05, 3.63) is 258 Å². The summed E-state index contributed by atoms with van der Waals surface area (Å²) in [7, 11) is 0. The summed E-state index contributed by atoms with van der Waals surface area (Å²) in [6.45, 7) is 4.76. The Balaban J connectivity index is 1.10. The lowest BCUT2D eigenvalue weighted by Crippen LogP contribution is -2.63. The molecule has 0 radical (unpaired) electrons. The van der Waals surface area contributed by atoms with E-state index in [9.17, 15) is 0 Å². The van der Waals surface area contributed by atoms with E-state index in [1.807, 2.05) is 0 Å². The van der Waals surface area contributed by atoms with Crippen molar-refractivity contribution in [2.45, 2.75) is 24.7 Å². The molecule has 0 unspecified atom stereocenters. The van der Waals surface area contributed by atoms with Crippen LogP contribution in [-0.2, 0) is 10.8 Å². The maximum absolute atomic E-state index is 2.69. The lowest BCUT2D eigenvalue weighted by Gasteiger charge is -2.52. The number of nitrogens with zero attached hydrogens (tertiary/aromatic N) is 2. The van der Waals surface area contributed by atoms with Crippen molar-refractivity contribution in [2.75, 3.05) is 9.71 Å². The van der Waals surface area contributed by atoms with Gasteiger partial charge < -0.3 is 9.71 Å². The van der Waals surface area contributed by atoms with Crippen molar-refractivity contribution in [1.82, 2.24) is 0 Å². The van der Waals surface area contributed by atoms with E-state index in [0.717, 1.165) is 0 Å². The molecule has 0 fully saturated rings. The van der Waals surface area contributed by atoms with E-state index in [0.29, 0.717) is 0 Å². The SMILES string of the molecule is CC1(C)c2ccccc2-c2cc3c4c(c21)-c1ccc(-c2ccccc2)cc1N(c1ccc(-c2ccccc2)cc1)B4c1cccc2c1N3c1ccccc1C21c2ccccc2-c2ccccc21. The van der Waals surface area contributed by atoms with Crippen LogP contribution in [0.5, 0.6) is 0 Å². The summed E-state index contributed by atoms with van der Waals surface area (Å²) in [6.07, 6.45) is 0. The van der Waals surface area contributed by atoms with Gasteiger partial charge >= 0.3 is 6.85 Å². The minimum absolute atomic E-state index is 0.142. The minimum atomic E-state index is -0.521. The van der Waals surface area contributed by atoms with Crippen molar-refractivity contribution in [3.8, 4) is 55.6 Å². The summed E-state index contributed by atoms with van der Waals surface area (Å²) in [4.78, 5) is 5.37. The smallest absolute Gasteiger partial charge is 0.333 e. The van der Waals surface area contributed by atoms with Crippen LogP contribution < -0.4 is 20.6 Å². The zero-order chi connectivity index (χ0) is 44.2. The Hall–Kier alpha value is -8.14. The summed E-state index contributed by atoms with van der Waals surface area (Å²) in [5.74, 6) is 0. The Morgan fingerprint density at radius 1 is 0.373 bits per heavy atom. The van der Waals surface area contributed by atoms with Crippen molar-refractivity contribution in [1.29, 1.82) is 0 Å². The number of fused-ring (bicyclic) bond motifs is 17. The Bertz CT molecular complexity index is 3690. The first-order valence-corrected chi connectivity index (χ1v) is 23.7. The van der Waals surface area contributed by atoms with Gasteiger partial charge in [0.25, 0.3) is 0 Å². The lowest BCUT2D eigenvalue weighted by molar-refractivity contribution is 0.662. The molecule has 312 valence electrons. The molecule has 1 spiro atoms. The topological polar surface area (TPSA) is 6.48 Å². The molecule has 0 amide bonds. The average Bonchev–Trinajstić information content (AvgIpc) is 3.81. The van der Waals surface area contributed by atoms with Gasteiger partial charge in [-0.3, -0.25) is 0 Å². The van der Waals surface area contributed by atoms with Gasteiger partial charge in [-0.05, 0) is 125 Å². The first-order chi connectivity index (χ1) is 33.0. The Kier molecular flexibility index (Phi) is 7.34. The van der Waals surface area contributed by atoms with E-state index in [2.05, 4.69) is 248 Å². The fourth-order valence-electron chi connectivity index (χ4n) is 13.4. The number of anilines is 5. The Morgan fingerprint density at radius 2 is 0.910 bits per heavy atom. The van der Waals surface area contributed by atoms with Crippen LogP contribution in [0.15, 0.2) is 224 Å². The fourth-order valence-corrected chi connectivity index (χ4v) is 13.4. The largest absolute Gasteiger partial charge is 0.376 e. The van der Waals surface area contributed by atoms with E-state index >= 15 is 0 Å². The predicted octanol–water partition coefficient (Wildman–Crippen LogP) is 14.7. The molecule has 10 aromatic rings. The third kappa shape index (κ3) is 4.66. The summed E-state index contributed by atoms with van der Waals surface area (Å²) in [5.41, 5.74) is 29.1. The van der Waals surface area contributed by atoms with E-state index in [1.165, 1.54) is 128 Å². The predicted molar refractivity (Wildman–Crippen MR) is 279 cm³/mol. The molecule has 3 heterocycles. The van der Waals surface area contributed by atoms with Gasteiger partial charge in [-0.25, -0.2) is 0 Å². The van der Waals surface area contributed by atoms with Crippen molar-refractivity contribution in [3.63, 3.8) is 0 Å². The molecule has 2 nitrogen and oxygen atoms in total. The average molecular weight is 851 g/mol. The summed E-state index contributed by atoms with van der Waals surface area (Å²) < 4.78 is 0. The highest BCUT2D eigenvalue weighted by Gasteiger charge is 2.57. The summed E-state index contributed by atoms with van der Waals surface area (Å²) in [6, 6.07) is 85.0. The van der Waals surface area contributed by atoms with Crippen LogP contribution in [-0.4, -0.2) is 6.85 Å².